The van der Waals surface area contributed by atoms with Crippen LogP contribution in [0.1, 0.15) is 46.4 Å². The van der Waals surface area contributed by atoms with Gasteiger partial charge < -0.3 is 0 Å². The van der Waals surface area contributed by atoms with E-state index in [1.54, 1.807) is 0 Å². The van der Waals surface area contributed by atoms with Gasteiger partial charge in [-0.25, -0.2) is 0 Å². The molecule has 0 N–H and O–H groups in total. The number of benzene rings is 4. The molecule has 0 amide bonds. The van der Waals surface area contributed by atoms with Crippen LogP contribution in [0.25, 0.3) is 0 Å². The van der Waals surface area contributed by atoms with Gasteiger partial charge in [0.2, 0.25) is 0 Å². The van der Waals surface area contributed by atoms with Gasteiger partial charge in [-0.3, -0.25) is 14.6 Å². The summed E-state index contributed by atoms with van der Waals surface area (Å²) in [7, 11) is 0. The highest BCUT2D eigenvalue weighted by atomic mass is 79.9. The first-order chi connectivity index (χ1) is 18.9. The highest BCUT2D eigenvalue weighted by Crippen LogP contribution is 2.64. The molecule has 0 saturated carbocycles. The Labute approximate surface area is 262 Å². The maximum Gasteiger partial charge on any atom is 0.146 e. The van der Waals surface area contributed by atoms with Crippen LogP contribution in [-0.4, -0.2) is 22.3 Å². The Kier molecular flexibility index (Phi) is 6.97. The summed E-state index contributed by atoms with van der Waals surface area (Å²) in [6.07, 6.45) is 0. The summed E-state index contributed by atoms with van der Waals surface area (Å²) in [5.41, 5.74) is 4.78. The third-order valence-corrected chi connectivity index (χ3v) is 10.7. The number of piperidine rings is 2. The summed E-state index contributed by atoms with van der Waals surface area (Å²) < 4.78 is 4.18. The molecule has 4 saturated heterocycles. The number of hydrogen-bond donors (Lipinski definition) is 0. The molecule has 196 valence electrons. The summed E-state index contributed by atoms with van der Waals surface area (Å²) in [6.45, 7) is 0.781. The molecular formula is C32H24Br4N2O. The summed E-state index contributed by atoms with van der Waals surface area (Å²) in [5.74, 6) is 0.0397. The molecule has 4 aromatic rings. The largest absolute Gasteiger partial charge is 0.299 e. The van der Waals surface area contributed by atoms with Crippen LogP contribution in [0.2, 0.25) is 0 Å². The minimum atomic E-state index is -0.163. The van der Waals surface area contributed by atoms with Crippen LogP contribution in [0.3, 0.4) is 0 Å². The minimum absolute atomic E-state index is 0.00809. The van der Waals surface area contributed by atoms with E-state index < -0.39 is 0 Å². The van der Waals surface area contributed by atoms with Crippen molar-refractivity contribution in [3.8, 4) is 0 Å². The number of hydrogen-bond acceptors (Lipinski definition) is 3. The lowest BCUT2D eigenvalue weighted by Gasteiger charge is -2.67. The van der Waals surface area contributed by atoms with E-state index in [2.05, 4.69) is 171 Å². The molecule has 4 aliphatic heterocycles. The van der Waals surface area contributed by atoms with Gasteiger partial charge in [-0.2, -0.15) is 0 Å². The Morgan fingerprint density at radius 3 is 0.897 bits per heavy atom. The predicted molar refractivity (Wildman–Crippen MR) is 168 cm³/mol. The molecule has 4 bridgehead atoms. The van der Waals surface area contributed by atoms with Crippen molar-refractivity contribution in [1.29, 1.82) is 0 Å². The molecule has 0 radical (unpaired) electrons. The third-order valence-electron chi connectivity index (χ3n) is 8.62. The number of halogens is 4. The SMILES string of the molecule is O=C1C2C(c3ccc(Br)cc3)N3CN(C2c2ccc(Br)cc2)C(c2ccc(Br)cc2)C1C3c1ccc(Br)cc1. The van der Waals surface area contributed by atoms with Gasteiger partial charge in [0, 0.05) is 42.1 Å². The van der Waals surface area contributed by atoms with Crippen molar-refractivity contribution in [3.63, 3.8) is 0 Å². The van der Waals surface area contributed by atoms with Crippen molar-refractivity contribution >= 4 is 69.5 Å². The van der Waals surface area contributed by atoms with Crippen molar-refractivity contribution in [2.75, 3.05) is 6.67 Å². The molecule has 8 rings (SSSR count). The molecule has 3 nitrogen and oxygen atoms in total. The Morgan fingerprint density at radius 2 is 0.667 bits per heavy atom. The fourth-order valence-electron chi connectivity index (χ4n) is 7.14. The van der Waals surface area contributed by atoms with Gasteiger partial charge in [0.15, 0.2) is 0 Å². The van der Waals surface area contributed by atoms with Crippen LogP contribution in [0.15, 0.2) is 115 Å². The van der Waals surface area contributed by atoms with Crippen molar-refractivity contribution < 1.29 is 4.79 Å². The van der Waals surface area contributed by atoms with E-state index in [9.17, 15) is 4.79 Å². The fourth-order valence-corrected chi connectivity index (χ4v) is 8.19. The smallest absolute Gasteiger partial charge is 0.146 e. The average molecular weight is 772 g/mol. The standard InChI is InChI=1S/C32H24Br4N2O/c33-22-9-1-18(2-10-22)28-26-29(19-3-11-23(34)12-4-19)38-17-37(28)30(20-5-13-24(35)14-6-20)27(32(26)39)31(38)21-7-15-25(36)16-8-21/h1-16,26-31H,17H2. The second kappa shape index (κ2) is 10.3. The van der Waals surface area contributed by atoms with Crippen molar-refractivity contribution in [2.24, 2.45) is 11.8 Å². The van der Waals surface area contributed by atoms with Crippen molar-refractivity contribution in [1.82, 2.24) is 9.80 Å². The predicted octanol–water partition coefficient (Wildman–Crippen LogP) is 9.41. The number of carbonyl (C=O) groups is 1. The molecule has 0 aliphatic carbocycles. The van der Waals surface area contributed by atoms with Crippen LogP contribution < -0.4 is 0 Å². The molecule has 0 aromatic heterocycles. The summed E-state index contributed by atoms with van der Waals surface area (Å²) >= 11 is 14.4. The number of Topliss-reactive ketones (excluding diaryl/α,β-unsaturated/α-hetero) is 1. The van der Waals surface area contributed by atoms with Gasteiger partial charge in [0.25, 0.3) is 0 Å². The van der Waals surface area contributed by atoms with Gasteiger partial charge in [-0.1, -0.05) is 112 Å². The van der Waals surface area contributed by atoms with Gasteiger partial charge in [0.1, 0.15) is 5.78 Å². The first-order valence-electron chi connectivity index (χ1n) is 13.0. The third kappa shape index (κ3) is 4.45. The fraction of sp³-hybridized carbons (Fsp3) is 0.219. The Morgan fingerprint density at radius 1 is 0.436 bits per heavy atom. The lowest BCUT2D eigenvalue weighted by atomic mass is 9.60. The van der Waals surface area contributed by atoms with Gasteiger partial charge in [-0.15, -0.1) is 0 Å². The molecule has 0 spiro atoms. The quantitative estimate of drug-likeness (QED) is 0.207. The Bertz CT molecular complexity index is 1300. The zero-order valence-electron chi connectivity index (χ0n) is 20.7. The lowest BCUT2D eigenvalue weighted by Crippen LogP contribution is -2.69. The number of nitrogens with zero attached hydrogens (tertiary/aromatic N) is 2. The van der Waals surface area contributed by atoms with Crippen LogP contribution in [0, 0.1) is 11.8 Å². The van der Waals surface area contributed by atoms with Gasteiger partial charge in [0.05, 0.1) is 18.5 Å². The van der Waals surface area contributed by atoms with Crippen LogP contribution in [0.5, 0.6) is 0 Å². The maximum atomic E-state index is 14.9. The highest BCUT2D eigenvalue weighted by molar-refractivity contribution is 9.11. The second-order valence-electron chi connectivity index (χ2n) is 10.6. The summed E-state index contributed by atoms with van der Waals surface area (Å²) in [4.78, 5) is 20.1. The molecule has 4 fully saturated rings. The lowest BCUT2D eigenvalue weighted by molar-refractivity contribution is -0.208. The number of carbonyl (C=O) groups excluding carboxylic acids is 1. The molecule has 4 heterocycles. The second-order valence-corrected chi connectivity index (χ2v) is 14.3. The summed E-state index contributed by atoms with van der Waals surface area (Å²) in [6, 6.07) is 34.2. The topological polar surface area (TPSA) is 23.6 Å². The van der Waals surface area contributed by atoms with E-state index in [4.69, 9.17) is 0 Å². The number of ketones is 1. The van der Waals surface area contributed by atoms with Crippen molar-refractivity contribution in [2.45, 2.75) is 24.2 Å². The first kappa shape index (κ1) is 26.3. The van der Waals surface area contributed by atoms with Crippen molar-refractivity contribution in [3.05, 3.63) is 137 Å². The van der Waals surface area contributed by atoms with E-state index in [0.29, 0.717) is 5.78 Å². The minimum Gasteiger partial charge on any atom is -0.299 e. The molecular weight excluding hydrogens is 748 g/mol. The van der Waals surface area contributed by atoms with Gasteiger partial charge >= 0.3 is 0 Å². The van der Waals surface area contributed by atoms with Gasteiger partial charge in [-0.05, 0) is 70.8 Å². The normalized spacial score (nSPS) is 31.0. The monoisotopic (exact) mass is 768 g/mol. The zero-order chi connectivity index (χ0) is 26.8. The van der Waals surface area contributed by atoms with Crippen LogP contribution >= 0.6 is 63.7 Å². The van der Waals surface area contributed by atoms with E-state index in [1.807, 2.05) is 0 Å². The maximum absolute atomic E-state index is 14.9. The zero-order valence-corrected chi connectivity index (χ0v) is 27.1. The highest BCUT2D eigenvalue weighted by Gasteiger charge is 2.65. The van der Waals surface area contributed by atoms with E-state index in [1.165, 1.54) is 22.3 Å². The van der Waals surface area contributed by atoms with E-state index >= 15 is 0 Å². The van der Waals surface area contributed by atoms with Crippen LogP contribution in [-0.2, 0) is 4.79 Å². The molecule has 4 unspecified atom stereocenters. The first-order valence-corrected chi connectivity index (χ1v) is 16.1. The summed E-state index contributed by atoms with van der Waals surface area (Å²) in [5, 5.41) is 0. The Balaban J connectivity index is 1.44. The van der Waals surface area contributed by atoms with E-state index in [0.717, 1.165) is 24.6 Å². The van der Waals surface area contributed by atoms with Crippen LogP contribution in [0.4, 0.5) is 0 Å². The molecule has 4 aliphatic rings. The number of rotatable bonds is 4. The molecule has 4 atom stereocenters. The van der Waals surface area contributed by atoms with E-state index in [-0.39, 0.29) is 36.0 Å². The molecule has 4 aromatic carbocycles. The average Bonchev–Trinajstić information content (AvgIpc) is 2.94. The molecule has 39 heavy (non-hydrogen) atoms. The molecule has 7 heteroatoms. The Hall–Kier alpha value is -1.61.